The molecule has 1 aliphatic rings. The van der Waals surface area contributed by atoms with E-state index >= 15 is 0 Å². The number of nitrogens with zero attached hydrogens (tertiary/aromatic N) is 2. The van der Waals surface area contributed by atoms with Crippen molar-refractivity contribution >= 4 is 5.91 Å². The molecule has 5 heteroatoms. The van der Waals surface area contributed by atoms with Gasteiger partial charge in [0.15, 0.2) is 0 Å². The van der Waals surface area contributed by atoms with Gasteiger partial charge in [0.05, 0.1) is 24.8 Å². The zero-order chi connectivity index (χ0) is 17.5. The molecule has 0 saturated carbocycles. The van der Waals surface area contributed by atoms with E-state index in [1.807, 2.05) is 36.4 Å². The Labute approximate surface area is 147 Å². The molecule has 128 valence electrons. The highest BCUT2D eigenvalue weighted by molar-refractivity contribution is 6.01. The maximum atomic E-state index is 12.6. The van der Waals surface area contributed by atoms with Crippen molar-refractivity contribution in [1.82, 2.24) is 10.2 Å². The lowest BCUT2D eigenvalue weighted by molar-refractivity contribution is 0.0383. The number of nitriles is 1. The lowest BCUT2D eigenvalue weighted by Gasteiger charge is -2.26. The van der Waals surface area contributed by atoms with Crippen LogP contribution >= 0.6 is 0 Å². The first-order chi connectivity index (χ1) is 12.3. The average Bonchev–Trinajstić information content (AvgIpc) is 2.68. The predicted molar refractivity (Wildman–Crippen MR) is 96.2 cm³/mol. The van der Waals surface area contributed by atoms with Gasteiger partial charge in [-0.1, -0.05) is 36.4 Å². The molecule has 5 nitrogen and oxygen atoms in total. The minimum atomic E-state index is -0.114. The Hall–Kier alpha value is -2.68. The highest BCUT2D eigenvalue weighted by Crippen LogP contribution is 2.26. The van der Waals surface area contributed by atoms with Gasteiger partial charge in [0.1, 0.15) is 0 Å². The second kappa shape index (κ2) is 8.43. The number of carbonyl (C=O) groups excluding carboxylic acids is 1. The molecule has 0 atom stereocenters. The molecule has 2 aromatic carbocycles. The Balaban J connectivity index is 1.72. The van der Waals surface area contributed by atoms with Crippen LogP contribution in [-0.4, -0.2) is 50.2 Å². The predicted octanol–water partition coefficient (Wildman–Crippen LogP) is 2.29. The van der Waals surface area contributed by atoms with Gasteiger partial charge in [-0.15, -0.1) is 0 Å². The number of nitrogens with one attached hydrogen (secondary N) is 1. The quantitative estimate of drug-likeness (QED) is 0.910. The second-order valence-corrected chi connectivity index (χ2v) is 5.91. The van der Waals surface area contributed by atoms with Crippen molar-refractivity contribution < 1.29 is 9.53 Å². The summed E-state index contributed by atoms with van der Waals surface area (Å²) in [4.78, 5) is 14.9. The molecule has 1 saturated heterocycles. The first-order valence-electron chi connectivity index (χ1n) is 8.46. The number of hydrogen-bond donors (Lipinski definition) is 1. The van der Waals surface area contributed by atoms with Gasteiger partial charge in [0, 0.05) is 37.3 Å². The normalized spacial score (nSPS) is 14.7. The highest BCUT2D eigenvalue weighted by Gasteiger charge is 2.15. The number of ether oxygens (including phenoxy) is 1. The van der Waals surface area contributed by atoms with Crippen LogP contribution in [0.1, 0.15) is 15.9 Å². The van der Waals surface area contributed by atoms with Crippen LogP contribution in [0.3, 0.4) is 0 Å². The van der Waals surface area contributed by atoms with Gasteiger partial charge >= 0.3 is 0 Å². The van der Waals surface area contributed by atoms with Gasteiger partial charge in [-0.25, -0.2) is 0 Å². The molecule has 0 bridgehead atoms. The molecule has 0 spiro atoms. The van der Waals surface area contributed by atoms with Crippen molar-refractivity contribution in [3.05, 3.63) is 59.7 Å². The molecule has 1 fully saturated rings. The fourth-order valence-electron chi connectivity index (χ4n) is 2.98. The van der Waals surface area contributed by atoms with Crippen LogP contribution in [0.5, 0.6) is 0 Å². The van der Waals surface area contributed by atoms with Crippen molar-refractivity contribution in [2.75, 3.05) is 39.4 Å². The molecule has 1 N–H and O–H groups in total. The van der Waals surface area contributed by atoms with E-state index in [0.29, 0.717) is 17.7 Å². The van der Waals surface area contributed by atoms with Crippen LogP contribution in [0.15, 0.2) is 48.5 Å². The van der Waals surface area contributed by atoms with Crippen molar-refractivity contribution in [3.63, 3.8) is 0 Å². The van der Waals surface area contributed by atoms with Crippen molar-refractivity contribution in [3.8, 4) is 17.2 Å². The van der Waals surface area contributed by atoms with E-state index in [-0.39, 0.29) is 5.91 Å². The molecule has 2 aromatic rings. The second-order valence-electron chi connectivity index (χ2n) is 5.91. The summed E-state index contributed by atoms with van der Waals surface area (Å²) in [5.74, 6) is -0.114. The summed E-state index contributed by atoms with van der Waals surface area (Å²) in [6, 6.07) is 16.9. The van der Waals surface area contributed by atoms with Crippen LogP contribution in [0.4, 0.5) is 0 Å². The fourth-order valence-corrected chi connectivity index (χ4v) is 2.98. The SMILES string of the molecule is N#Cc1ccccc1-c1ccccc1C(=O)NCCN1CCOCC1. The zero-order valence-electron chi connectivity index (χ0n) is 14.1. The van der Waals surface area contributed by atoms with Crippen LogP contribution in [0.2, 0.25) is 0 Å². The lowest BCUT2D eigenvalue weighted by atomic mass is 9.95. The molecule has 0 aliphatic carbocycles. The Morgan fingerprint density at radius 1 is 1.08 bits per heavy atom. The topological polar surface area (TPSA) is 65.4 Å². The first-order valence-corrected chi connectivity index (χ1v) is 8.46. The molecule has 3 rings (SSSR count). The minimum Gasteiger partial charge on any atom is -0.379 e. The van der Waals surface area contributed by atoms with Gasteiger partial charge in [-0.2, -0.15) is 5.26 Å². The van der Waals surface area contributed by atoms with E-state index in [1.165, 1.54) is 0 Å². The van der Waals surface area contributed by atoms with Crippen molar-refractivity contribution in [1.29, 1.82) is 5.26 Å². The van der Waals surface area contributed by atoms with Gasteiger partial charge < -0.3 is 10.1 Å². The number of amides is 1. The van der Waals surface area contributed by atoms with Crippen LogP contribution in [-0.2, 0) is 4.74 Å². The van der Waals surface area contributed by atoms with Gasteiger partial charge in [0.25, 0.3) is 5.91 Å². The monoisotopic (exact) mass is 335 g/mol. The van der Waals surface area contributed by atoms with E-state index in [1.54, 1.807) is 12.1 Å². The molecular weight excluding hydrogens is 314 g/mol. The van der Waals surface area contributed by atoms with E-state index in [9.17, 15) is 10.1 Å². The standard InChI is InChI=1S/C20H21N3O2/c21-15-16-5-1-2-6-17(16)18-7-3-4-8-19(18)20(24)22-9-10-23-11-13-25-14-12-23/h1-8H,9-14H2,(H,22,24). The summed E-state index contributed by atoms with van der Waals surface area (Å²) in [6.45, 7) is 4.71. The highest BCUT2D eigenvalue weighted by atomic mass is 16.5. The number of benzene rings is 2. The molecule has 1 aliphatic heterocycles. The number of morpholine rings is 1. The third-order valence-electron chi connectivity index (χ3n) is 4.33. The summed E-state index contributed by atoms with van der Waals surface area (Å²) in [7, 11) is 0. The Bertz CT molecular complexity index is 777. The number of rotatable bonds is 5. The van der Waals surface area contributed by atoms with Crippen molar-refractivity contribution in [2.45, 2.75) is 0 Å². The number of carbonyl (C=O) groups is 1. The van der Waals surface area contributed by atoms with E-state index in [4.69, 9.17) is 4.74 Å². The summed E-state index contributed by atoms with van der Waals surface area (Å²) < 4.78 is 5.33. The maximum absolute atomic E-state index is 12.6. The first kappa shape index (κ1) is 17.2. The van der Waals surface area contributed by atoms with E-state index in [2.05, 4.69) is 16.3 Å². The van der Waals surface area contributed by atoms with Crippen LogP contribution in [0, 0.1) is 11.3 Å². The maximum Gasteiger partial charge on any atom is 0.251 e. The Kier molecular flexibility index (Phi) is 5.78. The molecule has 1 amide bonds. The zero-order valence-corrected chi connectivity index (χ0v) is 14.1. The molecule has 25 heavy (non-hydrogen) atoms. The summed E-state index contributed by atoms with van der Waals surface area (Å²) >= 11 is 0. The third-order valence-corrected chi connectivity index (χ3v) is 4.33. The van der Waals surface area contributed by atoms with Gasteiger partial charge in [-0.3, -0.25) is 9.69 Å². The van der Waals surface area contributed by atoms with Crippen LogP contribution in [0.25, 0.3) is 11.1 Å². The minimum absolute atomic E-state index is 0.114. The Morgan fingerprint density at radius 2 is 1.76 bits per heavy atom. The lowest BCUT2D eigenvalue weighted by Crippen LogP contribution is -2.41. The fraction of sp³-hybridized carbons (Fsp3) is 0.300. The van der Waals surface area contributed by atoms with Gasteiger partial charge in [0.2, 0.25) is 0 Å². The summed E-state index contributed by atoms with van der Waals surface area (Å²) in [5, 5.41) is 12.3. The average molecular weight is 335 g/mol. The van der Waals surface area contributed by atoms with E-state index < -0.39 is 0 Å². The van der Waals surface area contributed by atoms with Gasteiger partial charge in [-0.05, 0) is 17.7 Å². The summed E-state index contributed by atoms with van der Waals surface area (Å²) in [6.07, 6.45) is 0. The molecule has 1 heterocycles. The smallest absolute Gasteiger partial charge is 0.251 e. The molecule has 0 aromatic heterocycles. The summed E-state index contributed by atoms with van der Waals surface area (Å²) in [5.41, 5.74) is 2.72. The third kappa shape index (κ3) is 4.24. The Morgan fingerprint density at radius 3 is 2.52 bits per heavy atom. The molecule has 0 radical (unpaired) electrons. The van der Waals surface area contributed by atoms with Crippen LogP contribution < -0.4 is 5.32 Å². The largest absolute Gasteiger partial charge is 0.379 e. The molecule has 0 unspecified atom stereocenters. The number of hydrogen-bond acceptors (Lipinski definition) is 4. The van der Waals surface area contributed by atoms with Crippen molar-refractivity contribution in [2.24, 2.45) is 0 Å². The molecular formula is C20H21N3O2. The van der Waals surface area contributed by atoms with E-state index in [0.717, 1.165) is 44.0 Å².